The average molecular weight is 538 g/mol. The number of carbonyl (C=O) groups is 2. The zero-order valence-electron chi connectivity index (χ0n) is 20.5. The van der Waals surface area contributed by atoms with E-state index in [-0.39, 0.29) is 17.3 Å². The third kappa shape index (κ3) is 5.66. The molecule has 0 radical (unpaired) electrons. The van der Waals surface area contributed by atoms with E-state index in [1.54, 1.807) is 41.2 Å². The van der Waals surface area contributed by atoms with Crippen LogP contribution in [0.5, 0.6) is 11.5 Å². The Morgan fingerprint density at radius 2 is 1.95 bits per heavy atom. The van der Waals surface area contributed by atoms with Crippen molar-refractivity contribution in [3.63, 3.8) is 0 Å². The van der Waals surface area contributed by atoms with Crippen LogP contribution in [0, 0.1) is 0 Å². The Morgan fingerprint density at radius 3 is 2.72 bits per heavy atom. The molecule has 13 heteroatoms. The summed E-state index contributed by atoms with van der Waals surface area (Å²) in [7, 11) is 1.42. The summed E-state index contributed by atoms with van der Waals surface area (Å²) in [5.74, 6) is 0.0630. The number of nitrogens with one attached hydrogen (secondary N) is 2. The zero-order chi connectivity index (χ0) is 27.6. The van der Waals surface area contributed by atoms with Crippen LogP contribution in [0.1, 0.15) is 16.1 Å². The fourth-order valence-corrected chi connectivity index (χ4v) is 3.94. The molecule has 0 saturated carbocycles. The minimum atomic E-state index is -4.52. The van der Waals surface area contributed by atoms with Gasteiger partial charge >= 0.3 is 6.18 Å². The Labute approximate surface area is 219 Å². The van der Waals surface area contributed by atoms with Crippen molar-refractivity contribution in [1.29, 1.82) is 0 Å². The summed E-state index contributed by atoms with van der Waals surface area (Å²) in [6.45, 7) is 0.606. The third-order valence-electron chi connectivity index (χ3n) is 5.79. The van der Waals surface area contributed by atoms with Gasteiger partial charge in [0.25, 0.3) is 11.8 Å². The standard InChI is InChI=1S/C26H21F3N6O4/c1-38-22-11-15(24-30-8-7-18(33-24)19-13-20-25(37)31-9-10-35(20)34-19)5-6-21(22)39-14-23(36)32-17-4-2-3-16(12-17)26(27,28)29/h2-8,11-13H,9-10,14H2,1H3,(H,31,37)(H,32,36). The Hall–Kier alpha value is -4.94. The van der Waals surface area contributed by atoms with Crippen LogP contribution in [-0.2, 0) is 17.5 Å². The van der Waals surface area contributed by atoms with E-state index in [9.17, 15) is 22.8 Å². The highest BCUT2D eigenvalue weighted by Crippen LogP contribution is 2.33. The van der Waals surface area contributed by atoms with Gasteiger partial charge in [-0.3, -0.25) is 14.3 Å². The zero-order valence-corrected chi connectivity index (χ0v) is 20.5. The van der Waals surface area contributed by atoms with Crippen molar-refractivity contribution in [3.8, 4) is 34.3 Å². The number of aromatic nitrogens is 4. The van der Waals surface area contributed by atoms with E-state index in [1.807, 2.05) is 0 Å². The maximum atomic E-state index is 12.9. The number of benzene rings is 2. The summed E-state index contributed by atoms with van der Waals surface area (Å²) in [5.41, 5.74) is 1.23. The molecular weight excluding hydrogens is 517 g/mol. The summed E-state index contributed by atoms with van der Waals surface area (Å²) in [6.07, 6.45) is -2.95. The van der Waals surface area contributed by atoms with E-state index >= 15 is 0 Å². The molecule has 0 fully saturated rings. The topological polar surface area (TPSA) is 120 Å². The van der Waals surface area contributed by atoms with Crippen molar-refractivity contribution < 1.29 is 32.2 Å². The number of rotatable bonds is 7. The van der Waals surface area contributed by atoms with Gasteiger partial charge in [-0.1, -0.05) is 6.07 Å². The summed E-state index contributed by atoms with van der Waals surface area (Å²) < 4.78 is 51.3. The van der Waals surface area contributed by atoms with Crippen LogP contribution in [0.3, 0.4) is 0 Å². The fourth-order valence-electron chi connectivity index (χ4n) is 3.94. The lowest BCUT2D eigenvalue weighted by molar-refractivity contribution is -0.137. The number of hydrogen-bond acceptors (Lipinski definition) is 7. The number of halogens is 3. The van der Waals surface area contributed by atoms with Crippen LogP contribution in [0.25, 0.3) is 22.8 Å². The molecule has 0 bridgehead atoms. The summed E-state index contributed by atoms with van der Waals surface area (Å²) >= 11 is 0. The van der Waals surface area contributed by atoms with Crippen molar-refractivity contribution in [2.75, 3.05) is 25.6 Å². The number of amides is 2. The molecule has 0 atom stereocenters. The first-order chi connectivity index (χ1) is 18.7. The van der Waals surface area contributed by atoms with Crippen molar-refractivity contribution in [2.24, 2.45) is 0 Å². The van der Waals surface area contributed by atoms with Crippen LogP contribution < -0.4 is 20.1 Å². The van der Waals surface area contributed by atoms with Crippen LogP contribution >= 0.6 is 0 Å². The first kappa shape index (κ1) is 25.7. The molecule has 2 amide bonds. The molecule has 0 unspecified atom stereocenters. The number of methoxy groups -OCH3 is 1. The van der Waals surface area contributed by atoms with Gasteiger partial charge in [-0.15, -0.1) is 0 Å². The van der Waals surface area contributed by atoms with E-state index in [2.05, 4.69) is 25.7 Å². The Morgan fingerprint density at radius 1 is 1.10 bits per heavy atom. The van der Waals surface area contributed by atoms with Gasteiger partial charge in [0.15, 0.2) is 23.9 Å². The molecule has 0 aliphatic carbocycles. The fraction of sp³-hybridized carbons (Fsp3) is 0.192. The number of hydrogen-bond donors (Lipinski definition) is 2. The average Bonchev–Trinajstić information content (AvgIpc) is 3.38. The summed E-state index contributed by atoms with van der Waals surface area (Å²) in [5, 5.41) is 9.62. The summed E-state index contributed by atoms with van der Waals surface area (Å²) in [6, 6.07) is 12.5. The summed E-state index contributed by atoms with van der Waals surface area (Å²) in [4.78, 5) is 33.2. The Kier molecular flexibility index (Phi) is 6.88. The quantitative estimate of drug-likeness (QED) is 0.367. The normalized spacial score (nSPS) is 12.9. The van der Waals surface area contributed by atoms with Gasteiger partial charge < -0.3 is 20.1 Å². The van der Waals surface area contributed by atoms with Crippen molar-refractivity contribution in [1.82, 2.24) is 25.1 Å². The Balaban J connectivity index is 1.29. The largest absolute Gasteiger partial charge is 0.493 e. The highest BCUT2D eigenvalue weighted by molar-refractivity contribution is 5.94. The molecular formula is C26H21F3N6O4. The lowest BCUT2D eigenvalue weighted by Gasteiger charge is -2.13. The molecule has 1 aliphatic rings. The van der Waals surface area contributed by atoms with Crippen molar-refractivity contribution in [3.05, 3.63) is 72.1 Å². The van der Waals surface area contributed by atoms with Crippen molar-refractivity contribution in [2.45, 2.75) is 12.7 Å². The maximum absolute atomic E-state index is 12.9. The number of ether oxygens (including phenoxy) is 2. The molecule has 10 nitrogen and oxygen atoms in total. The first-order valence-electron chi connectivity index (χ1n) is 11.7. The third-order valence-corrected chi connectivity index (χ3v) is 5.79. The molecule has 2 aromatic heterocycles. The van der Waals surface area contributed by atoms with Gasteiger partial charge in [0, 0.05) is 24.0 Å². The number of nitrogens with zero attached hydrogens (tertiary/aromatic N) is 4. The number of fused-ring (bicyclic) bond motifs is 1. The second kappa shape index (κ2) is 10.4. The molecule has 39 heavy (non-hydrogen) atoms. The van der Waals surface area contributed by atoms with Gasteiger partial charge in [0.05, 0.1) is 24.9 Å². The number of carbonyl (C=O) groups excluding carboxylic acids is 2. The molecule has 1 aliphatic heterocycles. The van der Waals surface area contributed by atoms with E-state index in [0.717, 1.165) is 12.1 Å². The van der Waals surface area contributed by atoms with E-state index in [4.69, 9.17) is 9.47 Å². The van der Waals surface area contributed by atoms with Crippen molar-refractivity contribution >= 4 is 17.5 Å². The van der Waals surface area contributed by atoms with Gasteiger partial charge in [0.1, 0.15) is 11.4 Å². The van der Waals surface area contributed by atoms with E-state index in [1.165, 1.54) is 19.2 Å². The van der Waals surface area contributed by atoms with E-state index < -0.39 is 24.3 Å². The second-order valence-corrected chi connectivity index (χ2v) is 8.44. The van der Waals surface area contributed by atoms with Crippen LogP contribution in [0.4, 0.5) is 18.9 Å². The SMILES string of the molecule is COc1cc(-c2nccc(-c3cc4n(n3)CCNC4=O)n2)ccc1OCC(=O)Nc1cccc(C(F)(F)F)c1. The molecule has 200 valence electrons. The van der Waals surface area contributed by atoms with Gasteiger partial charge in [-0.2, -0.15) is 18.3 Å². The molecule has 5 rings (SSSR count). The highest BCUT2D eigenvalue weighted by Gasteiger charge is 2.30. The second-order valence-electron chi connectivity index (χ2n) is 8.44. The minimum Gasteiger partial charge on any atom is -0.493 e. The molecule has 2 N–H and O–H groups in total. The monoisotopic (exact) mass is 538 g/mol. The maximum Gasteiger partial charge on any atom is 0.416 e. The lowest BCUT2D eigenvalue weighted by atomic mass is 10.1. The number of alkyl halides is 3. The van der Waals surface area contributed by atoms with Crippen LogP contribution in [0.15, 0.2) is 60.8 Å². The molecule has 2 aromatic carbocycles. The smallest absolute Gasteiger partial charge is 0.416 e. The lowest BCUT2D eigenvalue weighted by Crippen LogP contribution is -2.35. The molecule has 0 saturated heterocycles. The Bertz CT molecular complexity index is 1550. The number of anilines is 1. The van der Waals surface area contributed by atoms with Gasteiger partial charge in [0.2, 0.25) is 0 Å². The van der Waals surface area contributed by atoms with Crippen LogP contribution in [0.2, 0.25) is 0 Å². The van der Waals surface area contributed by atoms with Gasteiger partial charge in [-0.25, -0.2) is 9.97 Å². The molecule has 3 heterocycles. The van der Waals surface area contributed by atoms with E-state index in [0.29, 0.717) is 47.3 Å². The molecule has 0 spiro atoms. The first-order valence-corrected chi connectivity index (χ1v) is 11.7. The molecule has 4 aromatic rings. The predicted octanol–water partition coefficient (Wildman–Crippen LogP) is 3.80. The predicted molar refractivity (Wildman–Crippen MR) is 133 cm³/mol. The minimum absolute atomic E-state index is 0.00281. The van der Waals surface area contributed by atoms with Gasteiger partial charge in [-0.05, 0) is 48.5 Å². The highest BCUT2D eigenvalue weighted by atomic mass is 19.4. The van der Waals surface area contributed by atoms with Crippen LogP contribution in [-0.4, -0.2) is 51.8 Å².